The van der Waals surface area contributed by atoms with E-state index in [1.54, 1.807) is 0 Å². The molecule has 0 radical (unpaired) electrons. The largest absolute Gasteiger partial charge is 0.504 e. The van der Waals surface area contributed by atoms with Gasteiger partial charge in [0.1, 0.15) is 0 Å². The van der Waals surface area contributed by atoms with Gasteiger partial charge in [0, 0.05) is 5.56 Å². The molecule has 21 heavy (non-hydrogen) atoms. The molecule has 0 fully saturated rings. The van der Waals surface area contributed by atoms with Crippen LogP contribution in [-0.4, -0.2) is 15.3 Å². The second-order valence-corrected chi connectivity index (χ2v) is 5.13. The fourth-order valence-corrected chi connectivity index (χ4v) is 2.89. The number of phenolic OH excluding ortho intramolecular Hbond substituents is 3. The van der Waals surface area contributed by atoms with Crippen molar-refractivity contribution >= 4 is 0 Å². The first-order chi connectivity index (χ1) is 10.0. The first-order valence-electron chi connectivity index (χ1n) is 7.42. The molecular weight excluding hydrogens is 264 g/mol. The van der Waals surface area contributed by atoms with Gasteiger partial charge < -0.3 is 15.3 Å². The van der Waals surface area contributed by atoms with Crippen LogP contribution in [0.5, 0.6) is 17.2 Å². The number of aromatic hydroxyl groups is 3. The standard InChI is InChI=1S/C18H22O3/c1-4-11-8-7-9-14(13(11)6-3)16-12(5-2)10-15(19)17(20)18(16)21/h7-10,19-21H,4-6H2,1-3H3. The summed E-state index contributed by atoms with van der Waals surface area (Å²) in [5.74, 6) is -0.973. The highest BCUT2D eigenvalue weighted by Crippen LogP contribution is 2.46. The molecule has 0 heterocycles. The molecule has 2 aromatic carbocycles. The van der Waals surface area contributed by atoms with Crippen LogP contribution in [0.3, 0.4) is 0 Å². The minimum atomic E-state index is -0.453. The second kappa shape index (κ2) is 6.08. The number of hydrogen-bond acceptors (Lipinski definition) is 3. The lowest BCUT2D eigenvalue weighted by Gasteiger charge is -2.18. The predicted octanol–water partition coefficient (Wildman–Crippen LogP) is 4.16. The van der Waals surface area contributed by atoms with Gasteiger partial charge in [0.15, 0.2) is 11.5 Å². The zero-order valence-electron chi connectivity index (χ0n) is 12.8. The van der Waals surface area contributed by atoms with Crippen LogP contribution < -0.4 is 0 Å². The van der Waals surface area contributed by atoms with Crippen LogP contribution in [0.1, 0.15) is 37.5 Å². The second-order valence-electron chi connectivity index (χ2n) is 5.13. The van der Waals surface area contributed by atoms with Gasteiger partial charge in [-0.2, -0.15) is 0 Å². The summed E-state index contributed by atoms with van der Waals surface area (Å²) in [5.41, 5.74) is 4.80. The molecule has 112 valence electrons. The molecule has 3 nitrogen and oxygen atoms in total. The molecule has 0 bridgehead atoms. The summed E-state index contributed by atoms with van der Waals surface area (Å²) < 4.78 is 0. The van der Waals surface area contributed by atoms with Crippen molar-refractivity contribution in [2.75, 3.05) is 0 Å². The molecule has 0 amide bonds. The van der Waals surface area contributed by atoms with Crippen molar-refractivity contribution < 1.29 is 15.3 Å². The number of phenols is 3. The van der Waals surface area contributed by atoms with Gasteiger partial charge in [-0.05, 0) is 47.6 Å². The highest BCUT2D eigenvalue weighted by atomic mass is 16.3. The molecular formula is C18H22O3. The molecule has 3 heteroatoms. The normalized spacial score (nSPS) is 10.8. The van der Waals surface area contributed by atoms with Crippen molar-refractivity contribution in [3.63, 3.8) is 0 Å². The molecule has 0 spiro atoms. The van der Waals surface area contributed by atoms with Crippen LogP contribution in [-0.2, 0) is 19.3 Å². The van der Waals surface area contributed by atoms with Crippen molar-refractivity contribution in [2.45, 2.75) is 40.0 Å². The van der Waals surface area contributed by atoms with Crippen molar-refractivity contribution in [3.8, 4) is 28.4 Å². The first kappa shape index (κ1) is 15.2. The Labute approximate surface area is 125 Å². The van der Waals surface area contributed by atoms with E-state index in [4.69, 9.17) is 0 Å². The minimum Gasteiger partial charge on any atom is -0.504 e. The van der Waals surface area contributed by atoms with E-state index in [-0.39, 0.29) is 11.5 Å². The van der Waals surface area contributed by atoms with Gasteiger partial charge in [-0.15, -0.1) is 0 Å². The Morgan fingerprint density at radius 3 is 2.05 bits per heavy atom. The minimum absolute atomic E-state index is 0.241. The maximum absolute atomic E-state index is 10.3. The lowest BCUT2D eigenvalue weighted by molar-refractivity contribution is 0.368. The fraction of sp³-hybridized carbons (Fsp3) is 0.333. The molecule has 0 aliphatic rings. The number of aryl methyl sites for hydroxylation is 2. The third kappa shape index (κ3) is 2.56. The zero-order chi connectivity index (χ0) is 15.6. The Bertz CT molecular complexity index is 660. The Kier molecular flexibility index (Phi) is 4.41. The molecule has 0 saturated heterocycles. The van der Waals surface area contributed by atoms with Gasteiger partial charge in [-0.25, -0.2) is 0 Å². The van der Waals surface area contributed by atoms with E-state index >= 15 is 0 Å². The van der Waals surface area contributed by atoms with Crippen LogP contribution in [0.4, 0.5) is 0 Å². The van der Waals surface area contributed by atoms with Crippen LogP contribution in [0.25, 0.3) is 11.1 Å². The van der Waals surface area contributed by atoms with Crippen LogP contribution in [0.2, 0.25) is 0 Å². The molecule has 0 aromatic heterocycles. The average molecular weight is 286 g/mol. The predicted molar refractivity (Wildman–Crippen MR) is 85.0 cm³/mol. The maximum Gasteiger partial charge on any atom is 0.200 e. The van der Waals surface area contributed by atoms with Gasteiger partial charge in [0.25, 0.3) is 0 Å². The molecule has 2 aromatic rings. The molecule has 3 N–H and O–H groups in total. The summed E-state index contributed by atoms with van der Waals surface area (Å²) >= 11 is 0. The van der Waals surface area contributed by atoms with E-state index in [0.29, 0.717) is 12.0 Å². The lowest BCUT2D eigenvalue weighted by Crippen LogP contribution is -1.98. The van der Waals surface area contributed by atoms with Crippen molar-refractivity contribution in [1.29, 1.82) is 0 Å². The van der Waals surface area contributed by atoms with Gasteiger partial charge in [-0.3, -0.25) is 0 Å². The first-order valence-corrected chi connectivity index (χ1v) is 7.42. The van der Waals surface area contributed by atoms with Gasteiger partial charge in [0.05, 0.1) is 0 Å². The Morgan fingerprint density at radius 2 is 1.48 bits per heavy atom. The van der Waals surface area contributed by atoms with Crippen molar-refractivity contribution in [1.82, 2.24) is 0 Å². The number of rotatable bonds is 4. The quantitative estimate of drug-likeness (QED) is 0.740. The molecule has 0 saturated carbocycles. The van der Waals surface area contributed by atoms with E-state index < -0.39 is 5.75 Å². The molecule has 0 atom stereocenters. The van der Waals surface area contributed by atoms with E-state index in [9.17, 15) is 15.3 Å². The summed E-state index contributed by atoms with van der Waals surface area (Å²) in [5, 5.41) is 29.9. The van der Waals surface area contributed by atoms with Crippen LogP contribution in [0, 0.1) is 0 Å². The van der Waals surface area contributed by atoms with Gasteiger partial charge >= 0.3 is 0 Å². The summed E-state index contributed by atoms with van der Waals surface area (Å²) in [4.78, 5) is 0. The third-order valence-electron chi connectivity index (χ3n) is 3.99. The highest BCUT2D eigenvalue weighted by molar-refractivity contribution is 5.81. The third-order valence-corrected chi connectivity index (χ3v) is 3.99. The van der Waals surface area contributed by atoms with E-state index in [2.05, 4.69) is 19.9 Å². The Balaban J connectivity index is 2.81. The Morgan fingerprint density at radius 1 is 0.810 bits per heavy atom. The van der Waals surface area contributed by atoms with Gasteiger partial charge in [0.2, 0.25) is 5.75 Å². The average Bonchev–Trinajstić information content (AvgIpc) is 2.51. The van der Waals surface area contributed by atoms with E-state index in [1.807, 2.05) is 19.1 Å². The summed E-state index contributed by atoms with van der Waals surface area (Å²) in [7, 11) is 0. The van der Waals surface area contributed by atoms with E-state index in [0.717, 1.165) is 24.0 Å². The van der Waals surface area contributed by atoms with Crippen molar-refractivity contribution in [2.24, 2.45) is 0 Å². The highest BCUT2D eigenvalue weighted by Gasteiger charge is 2.20. The van der Waals surface area contributed by atoms with Gasteiger partial charge in [-0.1, -0.05) is 39.0 Å². The lowest BCUT2D eigenvalue weighted by atomic mass is 9.88. The van der Waals surface area contributed by atoms with E-state index in [1.165, 1.54) is 17.2 Å². The number of benzene rings is 2. The summed E-state index contributed by atoms with van der Waals surface area (Å²) in [6.07, 6.45) is 2.43. The molecule has 2 rings (SSSR count). The van der Waals surface area contributed by atoms with Crippen LogP contribution in [0.15, 0.2) is 24.3 Å². The summed E-state index contributed by atoms with van der Waals surface area (Å²) in [6, 6.07) is 7.55. The van der Waals surface area contributed by atoms with Crippen LogP contribution >= 0.6 is 0 Å². The number of hydrogen-bond donors (Lipinski definition) is 3. The van der Waals surface area contributed by atoms with Crippen molar-refractivity contribution in [3.05, 3.63) is 41.0 Å². The monoisotopic (exact) mass is 286 g/mol. The smallest absolute Gasteiger partial charge is 0.200 e. The zero-order valence-corrected chi connectivity index (χ0v) is 12.8. The Hall–Kier alpha value is -2.16. The molecule has 0 unspecified atom stereocenters. The SMILES string of the molecule is CCc1cccc(-c2c(CC)cc(O)c(O)c2O)c1CC. The fourth-order valence-electron chi connectivity index (χ4n) is 2.89. The molecule has 0 aliphatic carbocycles. The molecule has 0 aliphatic heterocycles. The maximum atomic E-state index is 10.3. The topological polar surface area (TPSA) is 60.7 Å². The summed E-state index contributed by atoms with van der Waals surface area (Å²) in [6.45, 7) is 6.15.